The molecule has 0 amide bonds. The molecule has 14 heavy (non-hydrogen) atoms. The summed E-state index contributed by atoms with van der Waals surface area (Å²) < 4.78 is 16.2. The zero-order chi connectivity index (χ0) is 10.6. The van der Waals surface area contributed by atoms with Gasteiger partial charge >= 0.3 is 0 Å². The Morgan fingerprint density at radius 2 is 1.93 bits per heavy atom. The van der Waals surface area contributed by atoms with E-state index in [0.29, 0.717) is 5.88 Å². The van der Waals surface area contributed by atoms with Crippen LogP contribution in [-0.2, 0) is 9.47 Å². The fourth-order valence-corrected chi connectivity index (χ4v) is 1.48. The number of hydrogen-bond donors (Lipinski definition) is 0. The van der Waals surface area contributed by atoms with Crippen molar-refractivity contribution in [1.82, 2.24) is 4.98 Å². The second-order valence-corrected chi connectivity index (χ2v) is 3.47. The quantitative estimate of drug-likeness (QED) is 0.779. The summed E-state index contributed by atoms with van der Waals surface area (Å²) in [6.45, 7) is 0. The number of rotatable bonds is 4. The summed E-state index contributed by atoms with van der Waals surface area (Å²) in [5.41, 5.74) is 0.756. The Balaban J connectivity index is 3.08. The Bertz CT molecular complexity index is 302. The maximum absolute atomic E-state index is 5.12. The highest BCUT2D eigenvalue weighted by atomic mass is 79.9. The van der Waals surface area contributed by atoms with Crippen molar-refractivity contribution in [1.29, 1.82) is 0 Å². The van der Waals surface area contributed by atoms with Crippen molar-refractivity contribution >= 4 is 15.9 Å². The molecule has 0 bridgehead atoms. The predicted octanol–water partition coefficient (Wildman–Crippen LogP) is 2.14. The average Bonchev–Trinajstić information content (AvgIpc) is 2.20. The zero-order valence-electron chi connectivity index (χ0n) is 8.28. The zero-order valence-corrected chi connectivity index (χ0v) is 9.87. The minimum atomic E-state index is -0.463. The Morgan fingerprint density at radius 3 is 2.43 bits per heavy atom. The largest absolute Gasteiger partial charge is 0.481 e. The molecule has 5 heteroatoms. The van der Waals surface area contributed by atoms with Gasteiger partial charge in [0.25, 0.3) is 0 Å². The number of methoxy groups -OCH3 is 3. The molecule has 0 spiro atoms. The van der Waals surface area contributed by atoms with Gasteiger partial charge in [-0.15, -0.1) is 0 Å². The van der Waals surface area contributed by atoms with Crippen LogP contribution in [0, 0.1) is 0 Å². The molecule has 0 aliphatic rings. The standard InChI is InChI=1S/C9H12BrNO3/c1-12-8-7(9(13-2)14-3)4-6(10)5-11-8/h4-5,9H,1-3H3. The predicted molar refractivity (Wildman–Crippen MR) is 55.2 cm³/mol. The fraction of sp³-hybridized carbons (Fsp3) is 0.444. The van der Waals surface area contributed by atoms with Gasteiger partial charge in [-0.3, -0.25) is 0 Å². The summed E-state index contributed by atoms with van der Waals surface area (Å²) >= 11 is 3.32. The van der Waals surface area contributed by atoms with Crippen molar-refractivity contribution in [3.63, 3.8) is 0 Å². The maximum atomic E-state index is 5.12. The molecule has 0 saturated carbocycles. The molecule has 0 N–H and O–H groups in total. The van der Waals surface area contributed by atoms with E-state index in [9.17, 15) is 0 Å². The maximum Gasteiger partial charge on any atom is 0.221 e. The van der Waals surface area contributed by atoms with Crippen LogP contribution in [-0.4, -0.2) is 26.3 Å². The smallest absolute Gasteiger partial charge is 0.221 e. The summed E-state index contributed by atoms with van der Waals surface area (Å²) in [7, 11) is 4.69. The Morgan fingerprint density at radius 1 is 1.29 bits per heavy atom. The number of hydrogen-bond acceptors (Lipinski definition) is 4. The van der Waals surface area contributed by atoms with Crippen LogP contribution in [0.1, 0.15) is 11.9 Å². The molecule has 0 radical (unpaired) electrons. The van der Waals surface area contributed by atoms with E-state index >= 15 is 0 Å². The molecule has 0 fully saturated rings. The summed E-state index contributed by atoms with van der Waals surface area (Å²) in [5, 5.41) is 0. The van der Waals surface area contributed by atoms with Crippen LogP contribution in [0.25, 0.3) is 0 Å². The van der Waals surface area contributed by atoms with Crippen LogP contribution in [0.2, 0.25) is 0 Å². The second-order valence-electron chi connectivity index (χ2n) is 2.56. The van der Waals surface area contributed by atoms with Crippen LogP contribution >= 0.6 is 15.9 Å². The molecule has 0 aliphatic heterocycles. The first kappa shape index (κ1) is 11.4. The van der Waals surface area contributed by atoms with Gasteiger partial charge in [-0.25, -0.2) is 4.98 Å². The highest BCUT2D eigenvalue weighted by Gasteiger charge is 2.16. The van der Waals surface area contributed by atoms with Crippen LogP contribution < -0.4 is 4.74 Å². The monoisotopic (exact) mass is 261 g/mol. The minimum Gasteiger partial charge on any atom is -0.481 e. The highest BCUT2D eigenvalue weighted by molar-refractivity contribution is 9.10. The molecule has 0 saturated heterocycles. The molecule has 1 heterocycles. The van der Waals surface area contributed by atoms with E-state index in [1.165, 1.54) is 0 Å². The molecule has 0 atom stereocenters. The van der Waals surface area contributed by atoms with Gasteiger partial charge in [0.2, 0.25) is 5.88 Å². The van der Waals surface area contributed by atoms with Crippen molar-refractivity contribution in [2.75, 3.05) is 21.3 Å². The first-order valence-corrected chi connectivity index (χ1v) is 4.77. The van der Waals surface area contributed by atoms with Gasteiger partial charge in [0.15, 0.2) is 6.29 Å². The van der Waals surface area contributed by atoms with E-state index < -0.39 is 6.29 Å². The second kappa shape index (κ2) is 5.29. The number of halogens is 1. The topological polar surface area (TPSA) is 40.6 Å². The summed E-state index contributed by atoms with van der Waals surface area (Å²) in [5.74, 6) is 0.502. The third-order valence-corrected chi connectivity index (χ3v) is 2.15. The summed E-state index contributed by atoms with van der Waals surface area (Å²) in [6, 6.07) is 1.85. The Kier molecular flexibility index (Phi) is 4.31. The van der Waals surface area contributed by atoms with Gasteiger partial charge in [0, 0.05) is 24.9 Å². The molecule has 0 aromatic carbocycles. The molecule has 1 aromatic heterocycles. The lowest BCUT2D eigenvalue weighted by molar-refractivity contribution is -0.107. The van der Waals surface area contributed by atoms with Gasteiger partial charge in [-0.1, -0.05) is 0 Å². The molecule has 0 aliphatic carbocycles. The molecule has 4 nitrogen and oxygen atoms in total. The van der Waals surface area contributed by atoms with Crippen molar-refractivity contribution in [2.45, 2.75) is 6.29 Å². The minimum absolute atomic E-state index is 0.463. The summed E-state index contributed by atoms with van der Waals surface area (Å²) in [6.07, 6.45) is 1.19. The van der Waals surface area contributed by atoms with Crippen molar-refractivity contribution < 1.29 is 14.2 Å². The van der Waals surface area contributed by atoms with Gasteiger partial charge < -0.3 is 14.2 Å². The molecular formula is C9H12BrNO3. The highest BCUT2D eigenvalue weighted by Crippen LogP contribution is 2.28. The number of aromatic nitrogens is 1. The first-order valence-electron chi connectivity index (χ1n) is 3.98. The third-order valence-electron chi connectivity index (χ3n) is 1.72. The number of nitrogens with zero attached hydrogens (tertiary/aromatic N) is 1. The Hall–Kier alpha value is -0.650. The van der Waals surface area contributed by atoms with E-state index in [2.05, 4.69) is 20.9 Å². The van der Waals surface area contributed by atoms with Gasteiger partial charge in [0.05, 0.1) is 12.7 Å². The van der Waals surface area contributed by atoms with Crippen molar-refractivity contribution in [3.8, 4) is 5.88 Å². The van der Waals surface area contributed by atoms with E-state index in [-0.39, 0.29) is 0 Å². The number of pyridine rings is 1. The lowest BCUT2D eigenvalue weighted by Crippen LogP contribution is -2.06. The first-order chi connectivity index (χ1) is 6.72. The third kappa shape index (κ3) is 2.43. The van der Waals surface area contributed by atoms with Crippen molar-refractivity contribution in [2.24, 2.45) is 0 Å². The SMILES string of the molecule is COc1ncc(Br)cc1C(OC)OC. The van der Waals surface area contributed by atoms with E-state index in [0.717, 1.165) is 10.0 Å². The van der Waals surface area contributed by atoms with Gasteiger partial charge in [-0.05, 0) is 22.0 Å². The van der Waals surface area contributed by atoms with E-state index in [1.54, 1.807) is 27.5 Å². The van der Waals surface area contributed by atoms with Crippen LogP contribution in [0.15, 0.2) is 16.7 Å². The van der Waals surface area contributed by atoms with Crippen LogP contribution in [0.4, 0.5) is 0 Å². The molecule has 78 valence electrons. The average molecular weight is 262 g/mol. The van der Waals surface area contributed by atoms with Crippen molar-refractivity contribution in [3.05, 3.63) is 22.3 Å². The van der Waals surface area contributed by atoms with Crippen LogP contribution in [0.3, 0.4) is 0 Å². The molecule has 0 unspecified atom stereocenters. The van der Waals surface area contributed by atoms with E-state index in [4.69, 9.17) is 14.2 Å². The summed E-state index contributed by atoms with van der Waals surface area (Å²) in [4.78, 5) is 4.08. The van der Waals surface area contributed by atoms with Crippen LogP contribution in [0.5, 0.6) is 5.88 Å². The normalized spacial score (nSPS) is 10.6. The lowest BCUT2D eigenvalue weighted by atomic mass is 10.2. The number of ether oxygens (including phenoxy) is 3. The van der Waals surface area contributed by atoms with E-state index in [1.807, 2.05) is 6.07 Å². The lowest BCUT2D eigenvalue weighted by Gasteiger charge is -2.15. The van der Waals surface area contributed by atoms with Gasteiger partial charge in [-0.2, -0.15) is 0 Å². The van der Waals surface area contributed by atoms with Gasteiger partial charge in [0.1, 0.15) is 0 Å². The molecule has 1 aromatic rings. The molecular weight excluding hydrogens is 250 g/mol. The fourth-order valence-electron chi connectivity index (χ4n) is 1.13. The Labute approximate surface area is 91.3 Å². The molecule has 1 rings (SSSR count).